The fourth-order valence-electron chi connectivity index (χ4n) is 3.82. The van der Waals surface area contributed by atoms with Gasteiger partial charge in [0.05, 0.1) is 30.3 Å². The molecule has 1 saturated heterocycles. The fourth-order valence-corrected chi connectivity index (χ4v) is 3.82. The third kappa shape index (κ3) is 6.24. The predicted octanol–water partition coefficient (Wildman–Crippen LogP) is 2.64. The van der Waals surface area contributed by atoms with Gasteiger partial charge in [0, 0.05) is 43.4 Å². The van der Waals surface area contributed by atoms with E-state index in [9.17, 15) is 19.7 Å². The van der Waals surface area contributed by atoms with Gasteiger partial charge in [0.15, 0.2) is 0 Å². The van der Waals surface area contributed by atoms with Gasteiger partial charge in [-0.2, -0.15) is 0 Å². The number of carbonyl (C=O) groups is 2. The third-order valence-electron chi connectivity index (χ3n) is 5.48. The quantitative estimate of drug-likeness (QED) is 0.351. The van der Waals surface area contributed by atoms with Crippen molar-refractivity contribution in [2.75, 3.05) is 39.5 Å². The van der Waals surface area contributed by atoms with Gasteiger partial charge in [0.1, 0.15) is 0 Å². The first-order valence-corrected chi connectivity index (χ1v) is 10.5. The van der Waals surface area contributed by atoms with Gasteiger partial charge in [-0.1, -0.05) is 26.7 Å². The number of nitrogens with one attached hydrogen (secondary N) is 1. The molecule has 2 rings (SSSR count). The maximum absolute atomic E-state index is 12.8. The number of non-ortho nitro benzene ring substituents is 1. The Balaban J connectivity index is 2.19. The second-order valence-electron chi connectivity index (χ2n) is 7.25. The Labute approximate surface area is 176 Å². The van der Waals surface area contributed by atoms with E-state index < -0.39 is 16.8 Å². The van der Waals surface area contributed by atoms with Crippen LogP contribution in [0.25, 0.3) is 0 Å². The van der Waals surface area contributed by atoms with Crippen LogP contribution in [0, 0.1) is 16.0 Å². The Morgan fingerprint density at radius 1 is 1.17 bits per heavy atom. The zero-order valence-electron chi connectivity index (χ0n) is 17.9. The predicted molar refractivity (Wildman–Crippen MR) is 112 cm³/mol. The Morgan fingerprint density at radius 2 is 1.80 bits per heavy atom. The Bertz CT molecular complexity index is 744. The summed E-state index contributed by atoms with van der Waals surface area (Å²) in [4.78, 5) is 37.8. The van der Waals surface area contributed by atoms with Gasteiger partial charge in [0.2, 0.25) is 0 Å². The molecule has 0 saturated carbocycles. The summed E-state index contributed by atoms with van der Waals surface area (Å²) < 4.78 is 10.4. The number of amides is 1. The number of nitrogens with zero attached hydrogens (tertiary/aromatic N) is 2. The van der Waals surface area contributed by atoms with Crippen molar-refractivity contribution in [3.63, 3.8) is 0 Å². The van der Waals surface area contributed by atoms with E-state index in [4.69, 9.17) is 9.47 Å². The minimum atomic E-state index is -0.696. The minimum absolute atomic E-state index is 0.0130. The van der Waals surface area contributed by atoms with Crippen LogP contribution in [0.3, 0.4) is 0 Å². The molecule has 0 spiro atoms. The molecule has 0 aliphatic carbocycles. The zero-order valence-corrected chi connectivity index (χ0v) is 17.9. The van der Waals surface area contributed by atoms with Crippen LogP contribution < -0.4 is 5.32 Å². The summed E-state index contributed by atoms with van der Waals surface area (Å²) >= 11 is 0. The molecule has 166 valence electrons. The van der Waals surface area contributed by atoms with Crippen molar-refractivity contribution in [1.82, 2.24) is 10.2 Å². The van der Waals surface area contributed by atoms with Crippen LogP contribution in [-0.2, 0) is 9.47 Å². The molecule has 1 atom stereocenters. The Morgan fingerprint density at radius 3 is 2.37 bits per heavy atom. The van der Waals surface area contributed by atoms with Crippen LogP contribution in [0.4, 0.5) is 5.69 Å². The minimum Gasteiger partial charge on any atom is -0.462 e. The normalized spacial score (nSPS) is 15.6. The molecule has 1 amide bonds. The summed E-state index contributed by atoms with van der Waals surface area (Å²) in [5, 5.41) is 14.2. The number of hydrogen-bond acceptors (Lipinski definition) is 7. The lowest BCUT2D eigenvalue weighted by molar-refractivity contribution is -0.384. The molecular weight excluding hydrogens is 390 g/mol. The number of carbonyl (C=O) groups excluding carboxylic acids is 2. The smallest absolute Gasteiger partial charge is 0.338 e. The van der Waals surface area contributed by atoms with E-state index in [1.54, 1.807) is 6.92 Å². The molecule has 1 unspecified atom stereocenters. The highest BCUT2D eigenvalue weighted by molar-refractivity contribution is 5.99. The summed E-state index contributed by atoms with van der Waals surface area (Å²) in [6.07, 6.45) is 1.97. The van der Waals surface area contributed by atoms with Gasteiger partial charge in [-0.15, -0.1) is 0 Å². The molecule has 1 aromatic carbocycles. The van der Waals surface area contributed by atoms with E-state index in [-0.39, 0.29) is 29.5 Å². The molecule has 0 radical (unpaired) electrons. The molecule has 30 heavy (non-hydrogen) atoms. The molecule has 1 aliphatic rings. The number of rotatable bonds is 10. The largest absolute Gasteiger partial charge is 0.462 e. The summed E-state index contributed by atoms with van der Waals surface area (Å²) in [6, 6.07) is 3.78. The summed E-state index contributed by atoms with van der Waals surface area (Å²) in [7, 11) is 0. The summed E-state index contributed by atoms with van der Waals surface area (Å²) in [6.45, 7) is 9.42. The number of hydrogen-bond donors (Lipinski definition) is 1. The van der Waals surface area contributed by atoms with E-state index in [0.29, 0.717) is 25.7 Å². The molecular formula is C21H31N3O6. The topological polar surface area (TPSA) is 111 Å². The van der Waals surface area contributed by atoms with E-state index in [0.717, 1.165) is 32.0 Å². The lowest BCUT2D eigenvalue weighted by Gasteiger charge is -2.38. The second kappa shape index (κ2) is 11.6. The highest BCUT2D eigenvalue weighted by Crippen LogP contribution is 2.21. The maximum atomic E-state index is 12.8. The summed E-state index contributed by atoms with van der Waals surface area (Å²) in [5.74, 6) is -0.740. The first-order valence-electron chi connectivity index (χ1n) is 10.5. The second-order valence-corrected chi connectivity index (χ2v) is 7.25. The van der Waals surface area contributed by atoms with Crippen LogP contribution in [0.15, 0.2) is 18.2 Å². The first kappa shape index (κ1) is 23.8. The molecule has 9 nitrogen and oxygen atoms in total. The Hall–Kier alpha value is -2.52. The van der Waals surface area contributed by atoms with E-state index in [2.05, 4.69) is 24.1 Å². The number of esters is 1. The maximum Gasteiger partial charge on any atom is 0.338 e. The molecule has 1 fully saturated rings. The molecule has 0 aromatic heterocycles. The van der Waals surface area contributed by atoms with Crippen LogP contribution in [0.2, 0.25) is 0 Å². The van der Waals surface area contributed by atoms with Gasteiger partial charge in [-0.05, 0) is 18.9 Å². The monoisotopic (exact) mass is 421 g/mol. The number of nitro benzene ring substituents is 1. The van der Waals surface area contributed by atoms with Crippen LogP contribution in [-0.4, -0.2) is 67.2 Å². The van der Waals surface area contributed by atoms with Crippen molar-refractivity contribution in [3.8, 4) is 0 Å². The van der Waals surface area contributed by atoms with E-state index >= 15 is 0 Å². The molecule has 9 heteroatoms. The standard InChI is InChI=1S/C21H31N3O6/c1-4-15(5-2)19(23-7-9-29-10-8-23)14-22-20(25)16-11-17(21(26)30-6-3)13-18(12-16)24(27)28/h11-13,15,19H,4-10,14H2,1-3H3,(H,22,25). The van der Waals surface area contributed by atoms with Gasteiger partial charge in [-0.25, -0.2) is 4.79 Å². The van der Waals surface area contributed by atoms with Crippen LogP contribution >= 0.6 is 0 Å². The average Bonchev–Trinajstić information content (AvgIpc) is 2.76. The molecule has 1 aromatic rings. The third-order valence-corrected chi connectivity index (χ3v) is 5.48. The first-order chi connectivity index (χ1) is 14.4. The molecule has 1 heterocycles. The highest BCUT2D eigenvalue weighted by Gasteiger charge is 2.28. The van der Waals surface area contributed by atoms with E-state index in [1.807, 2.05) is 0 Å². The summed E-state index contributed by atoms with van der Waals surface area (Å²) in [5.41, 5.74) is -0.270. The van der Waals surface area contributed by atoms with Crippen molar-refractivity contribution >= 4 is 17.6 Å². The van der Waals surface area contributed by atoms with Crippen molar-refractivity contribution in [2.24, 2.45) is 5.92 Å². The van der Waals surface area contributed by atoms with Crippen molar-refractivity contribution in [3.05, 3.63) is 39.4 Å². The van der Waals surface area contributed by atoms with E-state index in [1.165, 1.54) is 12.1 Å². The lowest BCUT2D eigenvalue weighted by Crippen LogP contribution is -2.52. The van der Waals surface area contributed by atoms with Gasteiger partial charge < -0.3 is 14.8 Å². The average molecular weight is 421 g/mol. The highest BCUT2D eigenvalue weighted by atomic mass is 16.6. The zero-order chi connectivity index (χ0) is 22.1. The van der Waals surface area contributed by atoms with Crippen molar-refractivity contribution in [1.29, 1.82) is 0 Å². The lowest BCUT2D eigenvalue weighted by atomic mass is 9.92. The number of benzene rings is 1. The van der Waals surface area contributed by atoms with Gasteiger partial charge in [-0.3, -0.25) is 19.8 Å². The number of morpholine rings is 1. The molecule has 0 bridgehead atoms. The number of nitro groups is 1. The Kier molecular flexibility index (Phi) is 9.19. The SMILES string of the molecule is CCOC(=O)c1cc(C(=O)NCC(C(CC)CC)N2CCOCC2)cc([N+](=O)[O-])c1. The molecule has 1 N–H and O–H groups in total. The van der Waals surface area contributed by atoms with Crippen LogP contribution in [0.1, 0.15) is 54.3 Å². The van der Waals surface area contributed by atoms with Gasteiger partial charge >= 0.3 is 5.97 Å². The number of ether oxygens (including phenoxy) is 2. The van der Waals surface area contributed by atoms with Crippen molar-refractivity contribution < 1.29 is 24.0 Å². The van der Waals surface area contributed by atoms with Crippen molar-refractivity contribution in [2.45, 2.75) is 39.7 Å². The van der Waals surface area contributed by atoms with Crippen LogP contribution in [0.5, 0.6) is 0 Å². The van der Waals surface area contributed by atoms with Gasteiger partial charge in [0.25, 0.3) is 11.6 Å². The molecule has 1 aliphatic heterocycles. The fraction of sp³-hybridized carbons (Fsp3) is 0.619.